The van der Waals surface area contributed by atoms with Crippen LogP contribution in [0.3, 0.4) is 0 Å². The molecule has 0 radical (unpaired) electrons. The third-order valence-electron chi connectivity index (χ3n) is 5.85. The van der Waals surface area contributed by atoms with Gasteiger partial charge in [0, 0.05) is 36.2 Å². The van der Waals surface area contributed by atoms with Crippen molar-refractivity contribution in [3.8, 4) is 5.75 Å². The van der Waals surface area contributed by atoms with E-state index in [1.165, 1.54) is 0 Å². The molecule has 32 heavy (non-hydrogen) atoms. The van der Waals surface area contributed by atoms with Crippen molar-refractivity contribution in [2.45, 2.75) is 6.04 Å². The van der Waals surface area contributed by atoms with Crippen molar-refractivity contribution in [2.75, 3.05) is 46.5 Å². The van der Waals surface area contributed by atoms with Crippen LogP contribution in [-0.2, 0) is 14.3 Å². The molecule has 2 heterocycles. The first-order chi connectivity index (χ1) is 15.5. The third kappa shape index (κ3) is 4.57. The standard InChI is InChI=1S/C24H25BrN2O5/c1-31-19-8-4-16(5-9-19)21-20(22(28)17-2-6-18(25)7-3-17)23(29)24(30)27(21)11-10-26-12-14-32-15-13-26/h2-9,21,28H,10-15H2,1H3/t21-/m0/s1. The van der Waals surface area contributed by atoms with Crippen LogP contribution in [0.2, 0.25) is 0 Å². The molecular weight excluding hydrogens is 476 g/mol. The summed E-state index contributed by atoms with van der Waals surface area (Å²) < 4.78 is 11.5. The van der Waals surface area contributed by atoms with E-state index in [1.807, 2.05) is 12.1 Å². The number of rotatable bonds is 6. The Balaban J connectivity index is 1.72. The minimum Gasteiger partial charge on any atom is -0.507 e. The summed E-state index contributed by atoms with van der Waals surface area (Å²) in [6.07, 6.45) is 0. The molecule has 0 spiro atoms. The van der Waals surface area contributed by atoms with Gasteiger partial charge in [-0.1, -0.05) is 40.2 Å². The fourth-order valence-electron chi connectivity index (χ4n) is 4.08. The lowest BCUT2D eigenvalue weighted by Crippen LogP contribution is -2.42. The number of morpholine rings is 1. The van der Waals surface area contributed by atoms with Gasteiger partial charge in [-0.2, -0.15) is 0 Å². The molecule has 2 aliphatic rings. The van der Waals surface area contributed by atoms with E-state index in [0.717, 1.165) is 23.1 Å². The number of ether oxygens (including phenoxy) is 2. The normalized spacial score (nSPS) is 21.2. The zero-order valence-corrected chi connectivity index (χ0v) is 19.4. The van der Waals surface area contributed by atoms with E-state index < -0.39 is 17.7 Å². The highest BCUT2D eigenvalue weighted by atomic mass is 79.9. The van der Waals surface area contributed by atoms with Crippen LogP contribution in [0, 0.1) is 0 Å². The number of hydrogen-bond acceptors (Lipinski definition) is 6. The molecule has 0 aliphatic carbocycles. The van der Waals surface area contributed by atoms with E-state index in [2.05, 4.69) is 20.8 Å². The van der Waals surface area contributed by atoms with Crippen molar-refractivity contribution in [1.29, 1.82) is 0 Å². The summed E-state index contributed by atoms with van der Waals surface area (Å²) in [6, 6.07) is 13.5. The molecule has 1 N–H and O–H groups in total. The predicted octanol–water partition coefficient (Wildman–Crippen LogP) is 3.21. The quantitative estimate of drug-likeness (QED) is 0.372. The molecule has 168 valence electrons. The maximum absolute atomic E-state index is 13.1. The highest BCUT2D eigenvalue weighted by Gasteiger charge is 2.46. The second kappa shape index (κ2) is 9.85. The number of nitrogens with zero attached hydrogens (tertiary/aromatic N) is 2. The topological polar surface area (TPSA) is 79.3 Å². The van der Waals surface area contributed by atoms with Crippen molar-refractivity contribution in [3.05, 3.63) is 69.7 Å². The zero-order valence-electron chi connectivity index (χ0n) is 17.8. The van der Waals surface area contributed by atoms with Crippen LogP contribution < -0.4 is 4.74 Å². The Labute approximate surface area is 195 Å². The number of amides is 1. The summed E-state index contributed by atoms with van der Waals surface area (Å²) in [7, 11) is 1.58. The van der Waals surface area contributed by atoms with Gasteiger partial charge in [-0.25, -0.2) is 0 Å². The first kappa shape index (κ1) is 22.5. The van der Waals surface area contributed by atoms with Crippen LogP contribution in [0.1, 0.15) is 17.2 Å². The maximum Gasteiger partial charge on any atom is 0.295 e. The molecule has 8 heteroatoms. The highest BCUT2D eigenvalue weighted by molar-refractivity contribution is 9.10. The predicted molar refractivity (Wildman–Crippen MR) is 123 cm³/mol. The molecule has 1 atom stereocenters. The summed E-state index contributed by atoms with van der Waals surface area (Å²) in [5.74, 6) is -0.775. The fraction of sp³-hybridized carbons (Fsp3) is 0.333. The minimum atomic E-state index is -0.675. The van der Waals surface area contributed by atoms with Crippen molar-refractivity contribution < 1.29 is 24.2 Å². The second-order valence-corrected chi connectivity index (χ2v) is 8.64. The van der Waals surface area contributed by atoms with Crippen LogP contribution >= 0.6 is 15.9 Å². The Morgan fingerprint density at radius 1 is 1.06 bits per heavy atom. The van der Waals surface area contributed by atoms with Gasteiger partial charge in [0.2, 0.25) is 0 Å². The first-order valence-corrected chi connectivity index (χ1v) is 11.3. The maximum atomic E-state index is 13.1. The summed E-state index contributed by atoms with van der Waals surface area (Å²) in [5.41, 5.74) is 1.33. The molecule has 2 aromatic carbocycles. The van der Waals surface area contributed by atoms with Gasteiger partial charge in [0.15, 0.2) is 0 Å². The van der Waals surface area contributed by atoms with E-state index >= 15 is 0 Å². The molecule has 1 amide bonds. The summed E-state index contributed by atoms with van der Waals surface area (Å²) >= 11 is 3.38. The van der Waals surface area contributed by atoms with Crippen LogP contribution in [0.5, 0.6) is 5.75 Å². The van der Waals surface area contributed by atoms with Crippen LogP contribution in [0.4, 0.5) is 0 Å². The van der Waals surface area contributed by atoms with Gasteiger partial charge in [-0.05, 0) is 29.8 Å². The van der Waals surface area contributed by atoms with E-state index in [9.17, 15) is 14.7 Å². The highest BCUT2D eigenvalue weighted by Crippen LogP contribution is 2.39. The fourth-order valence-corrected chi connectivity index (χ4v) is 4.34. The van der Waals surface area contributed by atoms with E-state index in [0.29, 0.717) is 37.6 Å². The second-order valence-electron chi connectivity index (χ2n) is 7.73. The zero-order chi connectivity index (χ0) is 22.7. The minimum absolute atomic E-state index is 0.101. The van der Waals surface area contributed by atoms with Gasteiger partial charge in [0.1, 0.15) is 11.5 Å². The van der Waals surface area contributed by atoms with Gasteiger partial charge < -0.3 is 19.5 Å². The molecule has 2 aromatic rings. The number of hydrogen-bond donors (Lipinski definition) is 1. The Hall–Kier alpha value is -2.68. The van der Waals surface area contributed by atoms with Gasteiger partial charge in [-0.15, -0.1) is 0 Å². The number of halogens is 1. The molecule has 2 fully saturated rings. The van der Waals surface area contributed by atoms with Crippen molar-refractivity contribution in [2.24, 2.45) is 0 Å². The van der Waals surface area contributed by atoms with Crippen LogP contribution in [-0.4, -0.2) is 73.1 Å². The number of benzene rings is 2. The number of carbonyl (C=O) groups is 2. The number of methoxy groups -OCH3 is 1. The molecule has 4 rings (SSSR count). The Bertz CT molecular complexity index is 1010. The van der Waals surface area contributed by atoms with E-state index in [4.69, 9.17) is 9.47 Å². The lowest BCUT2D eigenvalue weighted by Gasteiger charge is -2.31. The van der Waals surface area contributed by atoms with Crippen LogP contribution in [0.25, 0.3) is 5.76 Å². The van der Waals surface area contributed by atoms with Gasteiger partial charge >= 0.3 is 0 Å². The third-order valence-corrected chi connectivity index (χ3v) is 6.38. The summed E-state index contributed by atoms with van der Waals surface area (Å²) in [6.45, 7) is 3.89. The molecule has 0 saturated carbocycles. The van der Waals surface area contributed by atoms with Gasteiger partial charge in [-0.3, -0.25) is 14.5 Å². The van der Waals surface area contributed by atoms with Crippen molar-refractivity contribution >= 4 is 33.4 Å². The van der Waals surface area contributed by atoms with E-state index in [-0.39, 0.29) is 11.3 Å². The smallest absolute Gasteiger partial charge is 0.295 e. The number of aliphatic hydroxyl groups is 1. The van der Waals surface area contributed by atoms with Crippen molar-refractivity contribution in [1.82, 2.24) is 9.80 Å². The monoisotopic (exact) mass is 500 g/mol. The summed E-state index contributed by atoms with van der Waals surface area (Å²) in [5, 5.41) is 11.1. The van der Waals surface area contributed by atoms with E-state index in [1.54, 1.807) is 48.4 Å². The lowest BCUT2D eigenvalue weighted by atomic mass is 9.95. The average molecular weight is 501 g/mol. The number of likely N-dealkylation sites (tertiary alicyclic amines) is 1. The summed E-state index contributed by atoms with van der Waals surface area (Å²) in [4.78, 5) is 29.9. The van der Waals surface area contributed by atoms with Gasteiger partial charge in [0.05, 0.1) is 31.9 Å². The molecule has 0 aromatic heterocycles. The molecule has 2 aliphatic heterocycles. The largest absolute Gasteiger partial charge is 0.507 e. The number of aliphatic hydroxyl groups excluding tert-OH is 1. The van der Waals surface area contributed by atoms with Crippen LogP contribution in [0.15, 0.2) is 58.6 Å². The SMILES string of the molecule is COc1ccc([C@H]2C(=C(O)c3ccc(Br)cc3)C(=O)C(=O)N2CCN2CCOCC2)cc1. The van der Waals surface area contributed by atoms with Crippen molar-refractivity contribution in [3.63, 3.8) is 0 Å². The molecule has 7 nitrogen and oxygen atoms in total. The number of carbonyl (C=O) groups excluding carboxylic acids is 2. The molecule has 0 bridgehead atoms. The first-order valence-electron chi connectivity index (χ1n) is 10.5. The molecular formula is C24H25BrN2O5. The Morgan fingerprint density at radius 3 is 2.34 bits per heavy atom. The Morgan fingerprint density at radius 2 is 1.72 bits per heavy atom. The lowest BCUT2D eigenvalue weighted by molar-refractivity contribution is -0.140. The number of Topliss-reactive ketones (excluding diaryl/α,β-unsaturated/α-hetero) is 1. The molecule has 2 saturated heterocycles. The Kier molecular flexibility index (Phi) is 6.93. The number of ketones is 1. The molecule has 0 unspecified atom stereocenters. The average Bonchev–Trinajstić information content (AvgIpc) is 3.08. The van der Waals surface area contributed by atoms with Gasteiger partial charge in [0.25, 0.3) is 11.7 Å².